The largest absolute Gasteiger partial charge is 0.309 e. The Morgan fingerprint density at radius 2 is 1.90 bits per heavy atom. The lowest BCUT2D eigenvalue weighted by Crippen LogP contribution is -2.21. The highest BCUT2D eigenvalue weighted by atomic mass is 16.2. The van der Waals surface area contributed by atoms with Crippen LogP contribution >= 0.6 is 0 Å². The van der Waals surface area contributed by atoms with Gasteiger partial charge in [-0.15, -0.1) is 5.10 Å². The van der Waals surface area contributed by atoms with E-state index in [-0.39, 0.29) is 18.3 Å². The number of carbonyl (C=O) groups is 1. The average molecular weight is 409 g/mol. The number of anilines is 1. The maximum Gasteiger partial charge on any atom is 0.252 e. The number of rotatable bonds is 5. The summed E-state index contributed by atoms with van der Waals surface area (Å²) in [6.45, 7) is -0.0527. The van der Waals surface area contributed by atoms with Crippen molar-refractivity contribution >= 4 is 11.7 Å². The zero-order valence-electron chi connectivity index (χ0n) is 16.7. The SMILES string of the molecule is N#Cc1ncn(CC(=O)Nc2cc(-c3ccc4c(c3)CCC4)nn2-c2ccccc2)n1. The zero-order valence-corrected chi connectivity index (χ0v) is 16.7. The summed E-state index contributed by atoms with van der Waals surface area (Å²) < 4.78 is 3.06. The van der Waals surface area contributed by atoms with Gasteiger partial charge in [0.05, 0.1) is 11.4 Å². The topological polar surface area (TPSA) is 101 Å². The third-order valence-electron chi connectivity index (χ3n) is 5.31. The summed E-state index contributed by atoms with van der Waals surface area (Å²) in [5.74, 6) is 0.306. The Bertz CT molecular complexity index is 1300. The number of aryl methyl sites for hydroxylation is 2. The van der Waals surface area contributed by atoms with E-state index in [1.54, 1.807) is 4.68 Å². The first-order valence-electron chi connectivity index (χ1n) is 10.1. The minimum absolute atomic E-state index is 0.0287. The summed E-state index contributed by atoms with van der Waals surface area (Å²) in [5, 5.41) is 20.5. The standard InChI is InChI=1S/C23H19N7O/c24-13-21-25-15-29(28-21)14-23(31)26-22-12-20(27-30(22)19-7-2-1-3-8-19)18-10-9-16-5-4-6-17(16)11-18/h1-3,7-12,15H,4-6,14H2,(H,26,31). The van der Waals surface area contributed by atoms with Crippen LogP contribution in [0.5, 0.6) is 0 Å². The molecule has 0 saturated heterocycles. The van der Waals surface area contributed by atoms with Crippen molar-refractivity contribution in [3.8, 4) is 23.0 Å². The summed E-state index contributed by atoms with van der Waals surface area (Å²) in [7, 11) is 0. The molecule has 2 heterocycles. The van der Waals surface area contributed by atoms with E-state index >= 15 is 0 Å². The summed E-state index contributed by atoms with van der Waals surface area (Å²) in [5.41, 5.74) is 5.45. The second-order valence-corrected chi connectivity index (χ2v) is 7.42. The van der Waals surface area contributed by atoms with Crippen LogP contribution < -0.4 is 5.32 Å². The number of carbonyl (C=O) groups excluding carboxylic acids is 1. The van der Waals surface area contributed by atoms with E-state index in [9.17, 15) is 4.79 Å². The summed E-state index contributed by atoms with van der Waals surface area (Å²) >= 11 is 0. The molecule has 1 amide bonds. The van der Waals surface area contributed by atoms with Gasteiger partial charge >= 0.3 is 0 Å². The van der Waals surface area contributed by atoms with Gasteiger partial charge in [-0.05, 0) is 48.6 Å². The minimum atomic E-state index is -0.285. The molecule has 8 heteroatoms. The van der Waals surface area contributed by atoms with Gasteiger partial charge in [0.1, 0.15) is 24.8 Å². The predicted molar refractivity (Wildman–Crippen MR) is 114 cm³/mol. The van der Waals surface area contributed by atoms with E-state index in [1.807, 2.05) is 42.5 Å². The molecule has 0 atom stereocenters. The Morgan fingerprint density at radius 3 is 2.71 bits per heavy atom. The third kappa shape index (κ3) is 3.81. The van der Waals surface area contributed by atoms with Crippen molar-refractivity contribution in [3.63, 3.8) is 0 Å². The lowest BCUT2D eigenvalue weighted by molar-refractivity contribution is -0.116. The van der Waals surface area contributed by atoms with Crippen molar-refractivity contribution in [1.82, 2.24) is 24.5 Å². The van der Waals surface area contributed by atoms with Crippen LogP contribution in [0.1, 0.15) is 23.4 Å². The van der Waals surface area contributed by atoms with E-state index in [1.165, 1.54) is 28.6 Å². The van der Waals surface area contributed by atoms with Crippen LogP contribution in [-0.2, 0) is 24.2 Å². The van der Waals surface area contributed by atoms with Crippen LogP contribution in [0.2, 0.25) is 0 Å². The van der Waals surface area contributed by atoms with Gasteiger partial charge < -0.3 is 5.32 Å². The van der Waals surface area contributed by atoms with E-state index in [0.29, 0.717) is 5.82 Å². The van der Waals surface area contributed by atoms with E-state index < -0.39 is 0 Å². The highest BCUT2D eigenvalue weighted by molar-refractivity contribution is 5.90. The van der Waals surface area contributed by atoms with Crippen LogP contribution in [0, 0.1) is 11.3 Å². The fourth-order valence-electron chi connectivity index (χ4n) is 3.86. The highest BCUT2D eigenvalue weighted by Gasteiger charge is 2.17. The Kier molecular flexibility index (Phi) is 4.77. The monoisotopic (exact) mass is 409 g/mol. The number of hydrogen-bond acceptors (Lipinski definition) is 5. The van der Waals surface area contributed by atoms with Gasteiger partial charge in [0.15, 0.2) is 0 Å². The molecule has 2 aromatic carbocycles. The molecule has 31 heavy (non-hydrogen) atoms. The molecule has 0 saturated carbocycles. The molecule has 4 aromatic rings. The molecule has 1 aliphatic rings. The molecular weight excluding hydrogens is 390 g/mol. The molecular formula is C23H19N7O. The van der Waals surface area contributed by atoms with Crippen LogP contribution in [-0.4, -0.2) is 30.5 Å². The number of fused-ring (bicyclic) bond motifs is 1. The first-order chi connectivity index (χ1) is 15.2. The van der Waals surface area contributed by atoms with Gasteiger partial charge in [0, 0.05) is 11.6 Å². The smallest absolute Gasteiger partial charge is 0.252 e. The van der Waals surface area contributed by atoms with Crippen molar-refractivity contribution in [2.45, 2.75) is 25.8 Å². The maximum atomic E-state index is 12.6. The second kappa shape index (κ2) is 7.88. The van der Waals surface area contributed by atoms with Crippen LogP contribution in [0.4, 0.5) is 5.82 Å². The first-order valence-corrected chi connectivity index (χ1v) is 10.1. The van der Waals surface area contributed by atoms with Crippen LogP contribution in [0.3, 0.4) is 0 Å². The molecule has 0 radical (unpaired) electrons. The lowest BCUT2D eigenvalue weighted by Gasteiger charge is -2.08. The molecule has 0 fully saturated rings. The first kappa shape index (κ1) is 18.8. The fourth-order valence-corrected chi connectivity index (χ4v) is 3.86. The molecule has 152 valence electrons. The van der Waals surface area contributed by atoms with Crippen LogP contribution in [0.25, 0.3) is 16.9 Å². The number of para-hydroxylation sites is 1. The Morgan fingerprint density at radius 1 is 1.06 bits per heavy atom. The third-order valence-corrected chi connectivity index (χ3v) is 5.31. The summed E-state index contributed by atoms with van der Waals surface area (Å²) in [6, 6.07) is 19.9. The van der Waals surface area contributed by atoms with E-state index in [4.69, 9.17) is 10.4 Å². The van der Waals surface area contributed by atoms with Gasteiger partial charge in [-0.3, -0.25) is 4.79 Å². The molecule has 0 spiro atoms. The van der Waals surface area contributed by atoms with Crippen molar-refractivity contribution < 1.29 is 4.79 Å². The molecule has 5 rings (SSSR count). The van der Waals surface area contributed by atoms with E-state index in [2.05, 4.69) is 33.6 Å². The lowest BCUT2D eigenvalue weighted by atomic mass is 10.0. The molecule has 8 nitrogen and oxygen atoms in total. The Hall–Kier alpha value is -4.25. The number of nitriles is 1. The summed E-state index contributed by atoms with van der Waals surface area (Å²) in [6.07, 6.45) is 4.77. The maximum absolute atomic E-state index is 12.6. The quantitative estimate of drug-likeness (QED) is 0.546. The van der Waals surface area contributed by atoms with Gasteiger partial charge in [-0.25, -0.2) is 14.3 Å². The zero-order chi connectivity index (χ0) is 21.2. The number of aromatic nitrogens is 5. The number of amides is 1. The Labute approximate surface area is 178 Å². The molecule has 0 bridgehead atoms. The predicted octanol–water partition coefficient (Wildman–Crippen LogP) is 3.13. The highest BCUT2D eigenvalue weighted by Crippen LogP contribution is 2.30. The van der Waals surface area contributed by atoms with Gasteiger partial charge in [-0.2, -0.15) is 10.4 Å². The van der Waals surface area contributed by atoms with Crippen LogP contribution in [0.15, 0.2) is 60.9 Å². The van der Waals surface area contributed by atoms with Gasteiger partial charge in [0.2, 0.25) is 5.91 Å². The van der Waals surface area contributed by atoms with Gasteiger partial charge in [-0.1, -0.05) is 30.3 Å². The molecule has 0 unspecified atom stereocenters. The number of hydrogen-bond donors (Lipinski definition) is 1. The second-order valence-electron chi connectivity index (χ2n) is 7.42. The normalized spacial score (nSPS) is 12.4. The molecule has 2 aromatic heterocycles. The van der Waals surface area contributed by atoms with Crippen molar-refractivity contribution in [1.29, 1.82) is 5.26 Å². The number of nitrogens with one attached hydrogen (secondary N) is 1. The average Bonchev–Trinajstić information content (AvgIpc) is 3.53. The summed E-state index contributed by atoms with van der Waals surface area (Å²) in [4.78, 5) is 16.5. The number of nitrogens with zero attached hydrogens (tertiary/aromatic N) is 6. The Balaban J connectivity index is 1.46. The van der Waals surface area contributed by atoms with E-state index in [0.717, 1.165) is 29.8 Å². The molecule has 1 N–H and O–H groups in total. The van der Waals surface area contributed by atoms with Crippen molar-refractivity contribution in [2.75, 3.05) is 5.32 Å². The minimum Gasteiger partial charge on any atom is -0.309 e. The number of benzene rings is 2. The van der Waals surface area contributed by atoms with Crippen molar-refractivity contribution in [3.05, 3.63) is 77.9 Å². The fraction of sp³-hybridized carbons (Fsp3) is 0.174. The van der Waals surface area contributed by atoms with Crippen molar-refractivity contribution in [2.24, 2.45) is 0 Å². The van der Waals surface area contributed by atoms with Gasteiger partial charge in [0.25, 0.3) is 5.82 Å². The molecule has 0 aliphatic heterocycles. The molecule has 1 aliphatic carbocycles.